The molecule has 1 N–H and O–H groups in total. The van der Waals surface area contributed by atoms with E-state index in [2.05, 4.69) is 43.1 Å². The lowest BCUT2D eigenvalue weighted by Crippen LogP contribution is -2.24. The van der Waals surface area contributed by atoms with Crippen LogP contribution in [0.5, 0.6) is 0 Å². The van der Waals surface area contributed by atoms with Crippen LogP contribution in [0.4, 0.5) is 0 Å². The zero-order valence-corrected chi connectivity index (χ0v) is 11.8. The molecule has 0 aromatic carbocycles. The summed E-state index contributed by atoms with van der Waals surface area (Å²) in [5.74, 6) is 2.71. The monoisotopic (exact) mass is 244 g/mol. The molecule has 0 aliphatic carbocycles. The molecule has 0 saturated carbocycles. The van der Waals surface area contributed by atoms with E-state index in [1.165, 1.54) is 16.8 Å². The van der Waals surface area contributed by atoms with Crippen LogP contribution in [0.1, 0.15) is 55.5 Å². The second-order valence-corrected chi connectivity index (χ2v) is 4.82. The van der Waals surface area contributed by atoms with Crippen molar-refractivity contribution in [1.82, 2.24) is 10.3 Å². The highest BCUT2D eigenvalue weighted by Gasteiger charge is 2.14. The fraction of sp³-hybridized carbons (Fsp3) is 0.562. The molecule has 18 heavy (non-hydrogen) atoms. The van der Waals surface area contributed by atoms with Gasteiger partial charge < -0.3 is 5.32 Å². The summed E-state index contributed by atoms with van der Waals surface area (Å²) in [5.41, 5.74) is 3.66. The van der Waals surface area contributed by atoms with Crippen LogP contribution in [0.25, 0.3) is 0 Å². The van der Waals surface area contributed by atoms with Gasteiger partial charge in [0.2, 0.25) is 0 Å². The van der Waals surface area contributed by atoms with Crippen molar-refractivity contribution >= 4 is 0 Å². The predicted molar refractivity (Wildman–Crippen MR) is 77.4 cm³/mol. The van der Waals surface area contributed by atoms with Crippen molar-refractivity contribution in [3.8, 4) is 12.3 Å². The van der Waals surface area contributed by atoms with Crippen LogP contribution < -0.4 is 5.32 Å². The molecular formula is C16H24N2. The van der Waals surface area contributed by atoms with Gasteiger partial charge in [-0.2, -0.15) is 0 Å². The Bertz CT molecular complexity index is 404. The Hall–Kier alpha value is -1.33. The topological polar surface area (TPSA) is 24.9 Å². The van der Waals surface area contributed by atoms with Crippen LogP contribution in [-0.2, 0) is 0 Å². The molecule has 0 radical (unpaired) electrons. The Kier molecular flexibility index (Phi) is 6.46. The van der Waals surface area contributed by atoms with Gasteiger partial charge in [0.15, 0.2) is 0 Å². The number of hydrogen-bond donors (Lipinski definition) is 1. The molecule has 0 aliphatic rings. The minimum Gasteiger partial charge on any atom is -0.309 e. The van der Waals surface area contributed by atoms with Crippen molar-refractivity contribution in [2.75, 3.05) is 6.54 Å². The van der Waals surface area contributed by atoms with E-state index in [0.29, 0.717) is 6.04 Å². The van der Waals surface area contributed by atoms with Gasteiger partial charge in [0.1, 0.15) is 0 Å². The van der Waals surface area contributed by atoms with Crippen LogP contribution >= 0.6 is 0 Å². The number of terminal acetylenes is 1. The van der Waals surface area contributed by atoms with Gasteiger partial charge in [-0.05, 0) is 50.8 Å². The normalized spacial score (nSPS) is 12.1. The number of aromatic nitrogens is 1. The van der Waals surface area contributed by atoms with Gasteiger partial charge in [-0.1, -0.05) is 13.0 Å². The predicted octanol–water partition coefficient (Wildman–Crippen LogP) is 3.54. The van der Waals surface area contributed by atoms with Crippen molar-refractivity contribution in [1.29, 1.82) is 0 Å². The molecule has 1 rings (SSSR count). The first kappa shape index (κ1) is 14.7. The van der Waals surface area contributed by atoms with E-state index in [0.717, 1.165) is 32.2 Å². The van der Waals surface area contributed by atoms with Crippen molar-refractivity contribution in [3.63, 3.8) is 0 Å². The molecule has 0 amide bonds. The maximum absolute atomic E-state index is 5.32. The maximum Gasteiger partial charge on any atom is 0.0602 e. The summed E-state index contributed by atoms with van der Waals surface area (Å²) >= 11 is 0. The van der Waals surface area contributed by atoms with E-state index < -0.39 is 0 Å². The van der Waals surface area contributed by atoms with E-state index in [1.807, 2.05) is 6.20 Å². The molecular weight excluding hydrogens is 220 g/mol. The molecule has 0 bridgehead atoms. The van der Waals surface area contributed by atoms with Crippen LogP contribution in [0, 0.1) is 26.2 Å². The first-order valence-electron chi connectivity index (χ1n) is 6.79. The second-order valence-electron chi connectivity index (χ2n) is 4.82. The second kappa shape index (κ2) is 7.89. The SMILES string of the molecule is C#CCCCC(NCCC)c1ncc(C)cc1C. The number of aryl methyl sites for hydroxylation is 2. The number of rotatable bonds is 7. The molecule has 98 valence electrons. The average Bonchev–Trinajstić information content (AvgIpc) is 2.34. The quantitative estimate of drug-likeness (QED) is 0.586. The molecule has 0 saturated heterocycles. The van der Waals surface area contributed by atoms with E-state index in [9.17, 15) is 0 Å². The van der Waals surface area contributed by atoms with Crippen molar-refractivity contribution in [2.45, 2.75) is 52.5 Å². The molecule has 1 unspecified atom stereocenters. The number of pyridine rings is 1. The summed E-state index contributed by atoms with van der Waals surface area (Å²) in [7, 11) is 0. The fourth-order valence-corrected chi connectivity index (χ4v) is 2.15. The minimum absolute atomic E-state index is 0.332. The van der Waals surface area contributed by atoms with Gasteiger partial charge in [-0.15, -0.1) is 12.3 Å². The molecule has 1 heterocycles. The van der Waals surface area contributed by atoms with E-state index in [-0.39, 0.29) is 0 Å². The van der Waals surface area contributed by atoms with Crippen molar-refractivity contribution in [2.24, 2.45) is 0 Å². The molecule has 1 aromatic rings. The first-order chi connectivity index (χ1) is 8.69. The Morgan fingerprint density at radius 1 is 1.44 bits per heavy atom. The fourth-order valence-electron chi connectivity index (χ4n) is 2.15. The highest BCUT2D eigenvalue weighted by Crippen LogP contribution is 2.21. The van der Waals surface area contributed by atoms with E-state index >= 15 is 0 Å². The Morgan fingerprint density at radius 2 is 2.22 bits per heavy atom. The summed E-state index contributed by atoms with van der Waals surface area (Å²) in [4.78, 5) is 4.60. The van der Waals surface area contributed by atoms with Crippen LogP contribution in [-0.4, -0.2) is 11.5 Å². The molecule has 2 heteroatoms. The number of nitrogens with one attached hydrogen (secondary N) is 1. The van der Waals surface area contributed by atoms with E-state index in [4.69, 9.17) is 6.42 Å². The zero-order chi connectivity index (χ0) is 13.4. The Morgan fingerprint density at radius 3 is 2.83 bits per heavy atom. The lowest BCUT2D eigenvalue weighted by molar-refractivity contribution is 0.475. The number of hydrogen-bond acceptors (Lipinski definition) is 2. The maximum atomic E-state index is 5.32. The van der Waals surface area contributed by atoms with Gasteiger partial charge in [0, 0.05) is 18.7 Å². The summed E-state index contributed by atoms with van der Waals surface area (Å²) in [5, 5.41) is 3.57. The van der Waals surface area contributed by atoms with Crippen molar-refractivity contribution < 1.29 is 0 Å². The number of nitrogens with zero attached hydrogens (tertiary/aromatic N) is 1. The summed E-state index contributed by atoms with van der Waals surface area (Å²) in [6, 6.07) is 2.53. The molecule has 0 aliphatic heterocycles. The van der Waals surface area contributed by atoms with Gasteiger partial charge >= 0.3 is 0 Å². The number of unbranched alkanes of at least 4 members (excludes halogenated alkanes) is 1. The summed E-state index contributed by atoms with van der Waals surface area (Å²) < 4.78 is 0. The third-order valence-electron chi connectivity index (χ3n) is 3.04. The minimum atomic E-state index is 0.332. The van der Waals surface area contributed by atoms with Gasteiger partial charge in [-0.25, -0.2) is 0 Å². The zero-order valence-electron chi connectivity index (χ0n) is 11.8. The molecule has 1 atom stereocenters. The van der Waals surface area contributed by atoms with Crippen LogP contribution in [0.3, 0.4) is 0 Å². The lowest BCUT2D eigenvalue weighted by atomic mass is 10.0. The molecule has 0 spiro atoms. The molecule has 0 fully saturated rings. The lowest BCUT2D eigenvalue weighted by Gasteiger charge is -2.19. The Labute approximate surface area is 111 Å². The summed E-state index contributed by atoms with van der Waals surface area (Å²) in [6.45, 7) is 7.42. The smallest absolute Gasteiger partial charge is 0.0602 e. The van der Waals surface area contributed by atoms with Crippen LogP contribution in [0.2, 0.25) is 0 Å². The Balaban J connectivity index is 2.76. The van der Waals surface area contributed by atoms with Crippen LogP contribution in [0.15, 0.2) is 12.3 Å². The van der Waals surface area contributed by atoms with Gasteiger partial charge in [-0.3, -0.25) is 4.98 Å². The third kappa shape index (κ3) is 4.50. The highest BCUT2D eigenvalue weighted by atomic mass is 14.9. The third-order valence-corrected chi connectivity index (χ3v) is 3.04. The summed E-state index contributed by atoms with van der Waals surface area (Å²) in [6.07, 6.45) is 11.3. The first-order valence-corrected chi connectivity index (χ1v) is 6.79. The average molecular weight is 244 g/mol. The standard InChI is InChI=1S/C16H24N2/c1-5-7-8-9-15(17-10-6-2)16-14(4)11-13(3)12-18-16/h1,11-12,15,17H,6-10H2,2-4H3. The largest absolute Gasteiger partial charge is 0.309 e. The van der Waals surface area contributed by atoms with E-state index in [1.54, 1.807) is 0 Å². The highest BCUT2D eigenvalue weighted by molar-refractivity contribution is 5.25. The molecule has 1 aromatic heterocycles. The van der Waals surface area contributed by atoms with Gasteiger partial charge in [0.05, 0.1) is 5.69 Å². The molecule has 2 nitrogen and oxygen atoms in total. The van der Waals surface area contributed by atoms with Crippen molar-refractivity contribution in [3.05, 3.63) is 29.1 Å². The van der Waals surface area contributed by atoms with Gasteiger partial charge in [0.25, 0.3) is 0 Å².